The molecule has 3 aromatic rings. The van der Waals surface area contributed by atoms with E-state index >= 15 is 0 Å². The van der Waals surface area contributed by atoms with E-state index in [-0.39, 0.29) is 5.91 Å². The molecule has 0 radical (unpaired) electrons. The Bertz CT molecular complexity index is 1050. The average Bonchev–Trinajstić information content (AvgIpc) is 3.04. The highest BCUT2D eigenvalue weighted by molar-refractivity contribution is 5.94. The number of para-hydroxylation sites is 1. The van der Waals surface area contributed by atoms with E-state index in [0.717, 1.165) is 49.7 Å². The van der Waals surface area contributed by atoms with Gasteiger partial charge in [0.25, 0.3) is 5.91 Å². The van der Waals surface area contributed by atoms with Crippen LogP contribution >= 0.6 is 0 Å². The van der Waals surface area contributed by atoms with Crippen LogP contribution in [-0.4, -0.2) is 51.7 Å². The highest BCUT2D eigenvalue weighted by atomic mass is 16.2. The molecule has 2 heterocycles. The Kier molecular flexibility index (Phi) is 5.73. The number of hydrogen-bond donors (Lipinski definition) is 0. The second-order valence-corrected chi connectivity index (χ2v) is 8.26. The predicted octanol–water partition coefficient (Wildman–Crippen LogP) is 4.06. The first-order valence-electron chi connectivity index (χ1n) is 10.6. The molecule has 0 bridgehead atoms. The molecular formula is C25H30N4O. The molecular weight excluding hydrogens is 372 g/mol. The van der Waals surface area contributed by atoms with Gasteiger partial charge in [0.2, 0.25) is 0 Å². The number of nitrogens with zero attached hydrogens (tertiary/aromatic N) is 4. The van der Waals surface area contributed by atoms with Gasteiger partial charge in [0.1, 0.15) is 0 Å². The Hall–Kier alpha value is -2.92. The number of benzene rings is 2. The van der Waals surface area contributed by atoms with E-state index in [9.17, 15) is 4.79 Å². The molecule has 1 amide bonds. The van der Waals surface area contributed by atoms with Crippen molar-refractivity contribution in [2.24, 2.45) is 0 Å². The van der Waals surface area contributed by atoms with Gasteiger partial charge in [-0.3, -0.25) is 9.69 Å². The summed E-state index contributed by atoms with van der Waals surface area (Å²) in [4.78, 5) is 17.3. The van der Waals surface area contributed by atoms with Gasteiger partial charge in [-0.1, -0.05) is 24.3 Å². The van der Waals surface area contributed by atoms with Gasteiger partial charge >= 0.3 is 0 Å². The minimum Gasteiger partial charge on any atom is -0.336 e. The molecule has 1 saturated heterocycles. The molecule has 2 aromatic carbocycles. The van der Waals surface area contributed by atoms with Crippen molar-refractivity contribution in [1.82, 2.24) is 19.6 Å². The van der Waals surface area contributed by atoms with Crippen LogP contribution in [0.5, 0.6) is 0 Å². The third-order valence-electron chi connectivity index (χ3n) is 6.24. The summed E-state index contributed by atoms with van der Waals surface area (Å²) in [6.07, 6.45) is 0. The molecule has 0 saturated carbocycles. The van der Waals surface area contributed by atoms with Crippen LogP contribution in [0.15, 0.2) is 48.5 Å². The van der Waals surface area contributed by atoms with E-state index in [1.807, 2.05) is 46.0 Å². The fourth-order valence-corrected chi connectivity index (χ4v) is 4.11. The maximum atomic E-state index is 12.9. The highest BCUT2D eigenvalue weighted by Gasteiger charge is 2.24. The lowest BCUT2D eigenvalue weighted by atomic mass is 10.1. The molecule has 0 spiro atoms. The first kappa shape index (κ1) is 20.4. The summed E-state index contributed by atoms with van der Waals surface area (Å²) < 4.78 is 2.03. The van der Waals surface area contributed by atoms with Crippen LogP contribution in [0.2, 0.25) is 0 Å². The molecule has 5 heteroatoms. The number of amides is 1. The van der Waals surface area contributed by atoms with Crippen molar-refractivity contribution in [3.8, 4) is 5.69 Å². The summed E-state index contributed by atoms with van der Waals surface area (Å²) in [5.74, 6) is 0.141. The Balaban J connectivity index is 1.41. The van der Waals surface area contributed by atoms with E-state index in [0.29, 0.717) is 0 Å². The van der Waals surface area contributed by atoms with Crippen LogP contribution in [0, 0.1) is 27.7 Å². The van der Waals surface area contributed by atoms with Crippen molar-refractivity contribution in [1.29, 1.82) is 0 Å². The van der Waals surface area contributed by atoms with Crippen LogP contribution in [0.4, 0.5) is 0 Å². The third-order valence-corrected chi connectivity index (χ3v) is 6.24. The topological polar surface area (TPSA) is 41.4 Å². The van der Waals surface area contributed by atoms with Crippen LogP contribution in [-0.2, 0) is 6.54 Å². The Morgan fingerprint density at radius 2 is 1.60 bits per heavy atom. The number of carbonyl (C=O) groups excluding carboxylic acids is 1. The van der Waals surface area contributed by atoms with E-state index in [2.05, 4.69) is 44.7 Å². The molecule has 156 valence electrons. The van der Waals surface area contributed by atoms with Gasteiger partial charge in [-0.15, -0.1) is 0 Å². The van der Waals surface area contributed by atoms with Crippen molar-refractivity contribution in [2.45, 2.75) is 34.2 Å². The molecule has 0 aliphatic carbocycles. The van der Waals surface area contributed by atoms with Crippen molar-refractivity contribution >= 4 is 5.91 Å². The first-order chi connectivity index (χ1) is 14.4. The van der Waals surface area contributed by atoms with Crippen LogP contribution in [0.1, 0.15) is 38.4 Å². The van der Waals surface area contributed by atoms with Gasteiger partial charge in [0.15, 0.2) is 0 Å². The standard InChI is InChI=1S/C25H30N4O/c1-18-10-11-22(16-19(18)2)25(30)28-14-12-27(13-15-28)17-24-20(3)26-29(21(24)4)23-8-6-5-7-9-23/h5-11,16H,12-15,17H2,1-4H3. The molecule has 0 unspecified atom stereocenters. The molecule has 30 heavy (non-hydrogen) atoms. The normalized spacial score (nSPS) is 14.9. The number of aryl methyl sites for hydroxylation is 3. The molecule has 1 fully saturated rings. The summed E-state index contributed by atoms with van der Waals surface area (Å²) in [7, 11) is 0. The van der Waals surface area contributed by atoms with E-state index in [1.165, 1.54) is 22.4 Å². The van der Waals surface area contributed by atoms with Crippen molar-refractivity contribution in [3.63, 3.8) is 0 Å². The molecule has 1 aromatic heterocycles. The number of carbonyl (C=O) groups is 1. The highest BCUT2D eigenvalue weighted by Crippen LogP contribution is 2.21. The fraction of sp³-hybridized carbons (Fsp3) is 0.360. The van der Waals surface area contributed by atoms with Crippen molar-refractivity contribution < 1.29 is 4.79 Å². The largest absolute Gasteiger partial charge is 0.336 e. The van der Waals surface area contributed by atoms with Gasteiger partial charge in [-0.05, 0) is 63.1 Å². The zero-order valence-corrected chi connectivity index (χ0v) is 18.4. The molecule has 1 aliphatic heterocycles. The smallest absolute Gasteiger partial charge is 0.253 e. The molecule has 0 N–H and O–H groups in total. The SMILES string of the molecule is Cc1ccc(C(=O)N2CCN(Cc3c(C)nn(-c4ccccc4)c3C)CC2)cc1C. The summed E-state index contributed by atoms with van der Waals surface area (Å²) in [5.41, 5.74) is 7.82. The van der Waals surface area contributed by atoms with E-state index in [4.69, 9.17) is 5.10 Å². The third kappa shape index (κ3) is 4.03. The number of piperazine rings is 1. The maximum absolute atomic E-state index is 12.9. The van der Waals surface area contributed by atoms with Gasteiger partial charge in [0, 0.05) is 49.5 Å². The lowest BCUT2D eigenvalue weighted by molar-refractivity contribution is 0.0628. The van der Waals surface area contributed by atoms with Crippen LogP contribution in [0.3, 0.4) is 0 Å². The number of hydrogen-bond acceptors (Lipinski definition) is 3. The summed E-state index contributed by atoms with van der Waals surface area (Å²) >= 11 is 0. The van der Waals surface area contributed by atoms with E-state index < -0.39 is 0 Å². The molecule has 5 nitrogen and oxygen atoms in total. The van der Waals surface area contributed by atoms with Crippen molar-refractivity contribution in [2.75, 3.05) is 26.2 Å². The van der Waals surface area contributed by atoms with Gasteiger partial charge in [-0.25, -0.2) is 4.68 Å². The number of rotatable bonds is 4. The zero-order valence-electron chi connectivity index (χ0n) is 18.4. The number of aromatic nitrogens is 2. The fourth-order valence-electron chi connectivity index (χ4n) is 4.11. The maximum Gasteiger partial charge on any atom is 0.253 e. The molecule has 1 aliphatic rings. The lowest BCUT2D eigenvalue weighted by Crippen LogP contribution is -2.48. The summed E-state index contributed by atoms with van der Waals surface area (Å²) in [6.45, 7) is 12.5. The summed E-state index contributed by atoms with van der Waals surface area (Å²) in [6, 6.07) is 16.3. The molecule has 4 rings (SSSR count). The quantitative estimate of drug-likeness (QED) is 0.661. The van der Waals surface area contributed by atoms with Gasteiger partial charge in [-0.2, -0.15) is 5.10 Å². The van der Waals surface area contributed by atoms with E-state index in [1.54, 1.807) is 0 Å². The minimum absolute atomic E-state index is 0.141. The monoisotopic (exact) mass is 402 g/mol. The van der Waals surface area contributed by atoms with Gasteiger partial charge in [0.05, 0.1) is 11.4 Å². The van der Waals surface area contributed by atoms with Crippen molar-refractivity contribution in [3.05, 3.63) is 82.2 Å². The van der Waals surface area contributed by atoms with Crippen LogP contribution < -0.4 is 0 Å². The second kappa shape index (κ2) is 8.44. The zero-order chi connectivity index (χ0) is 21.3. The molecule has 0 atom stereocenters. The van der Waals surface area contributed by atoms with Crippen LogP contribution in [0.25, 0.3) is 5.69 Å². The minimum atomic E-state index is 0.141. The average molecular weight is 403 g/mol. The Morgan fingerprint density at radius 3 is 2.27 bits per heavy atom. The Morgan fingerprint density at radius 1 is 0.900 bits per heavy atom. The van der Waals surface area contributed by atoms with Gasteiger partial charge < -0.3 is 4.90 Å². The summed E-state index contributed by atoms with van der Waals surface area (Å²) in [5, 5.41) is 4.77. The second-order valence-electron chi connectivity index (χ2n) is 8.26. The predicted molar refractivity (Wildman–Crippen MR) is 120 cm³/mol. The lowest BCUT2D eigenvalue weighted by Gasteiger charge is -2.35. The Labute approximate surface area is 178 Å². The first-order valence-corrected chi connectivity index (χ1v) is 10.6.